The first-order valence-electron chi connectivity index (χ1n) is 5.89. The summed E-state index contributed by atoms with van der Waals surface area (Å²) in [6.45, 7) is 1.36. The fourth-order valence-corrected chi connectivity index (χ4v) is 1.27. The number of nitrogens with one attached hydrogen (secondary N) is 2. The first-order chi connectivity index (χ1) is 8.40. The summed E-state index contributed by atoms with van der Waals surface area (Å²) < 4.78 is 0. The van der Waals surface area contributed by atoms with Crippen molar-refractivity contribution < 1.29 is 19.5 Å². The summed E-state index contributed by atoms with van der Waals surface area (Å²) in [6.07, 6.45) is 2.00. The molecule has 1 unspecified atom stereocenters. The van der Waals surface area contributed by atoms with Gasteiger partial charge in [-0.3, -0.25) is 19.7 Å². The molecular formula is C11H19N3O4. The van der Waals surface area contributed by atoms with Gasteiger partial charge < -0.3 is 15.3 Å². The van der Waals surface area contributed by atoms with Gasteiger partial charge in [0.1, 0.15) is 6.04 Å². The zero-order valence-corrected chi connectivity index (χ0v) is 10.6. The minimum absolute atomic E-state index is 0.00152. The molecule has 0 bridgehead atoms. The third kappa shape index (κ3) is 5.13. The molecule has 3 N–H and O–H groups in total. The lowest BCUT2D eigenvalue weighted by Gasteiger charge is -2.18. The van der Waals surface area contributed by atoms with E-state index < -0.39 is 12.0 Å². The number of carbonyl (C=O) groups excluding carboxylic acids is 2. The van der Waals surface area contributed by atoms with Crippen LogP contribution in [-0.2, 0) is 14.4 Å². The van der Waals surface area contributed by atoms with Crippen LogP contribution in [-0.4, -0.2) is 60.0 Å². The summed E-state index contributed by atoms with van der Waals surface area (Å²) in [5.74, 6) is -1.51. The van der Waals surface area contributed by atoms with Gasteiger partial charge in [-0.25, -0.2) is 0 Å². The number of likely N-dealkylation sites (N-methyl/N-ethyl adjacent to an activating group) is 1. The van der Waals surface area contributed by atoms with Gasteiger partial charge in [-0.15, -0.1) is 0 Å². The second-order valence-electron chi connectivity index (χ2n) is 4.53. The van der Waals surface area contributed by atoms with Crippen molar-refractivity contribution in [1.82, 2.24) is 15.5 Å². The van der Waals surface area contributed by atoms with Crippen LogP contribution >= 0.6 is 0 Å². The number of carboxylic acids is 1. The van der Waals surface area contributed by atoms with Gasteiger partial charge in [0, 0.05) is 13.1 Å². The lowest BCUT2D eigenvalue weighted by Crippen LogP contribution is -2.45. The molecule has 0 aromatic heterocycles. The largest absolute Gasteiger partial charge is 0.480 e. The number of nitrogens with zero attached hydrogens (tertiary/aromatic N) is 1. The SMILES string of the molecule is CC(NCC(=O)N(C)CC(=O)NC1CC1)C(=O)O. The fraction of sp³-hybridized carbons (Fsp3) is 0.727. The summed E-state index contributed by atoms with van der Waals surface area (Å²) in [7, 11) is 1.52. The van der Waals surface area contributed by atoms with Crippen LogP contribution in [0.5, 0.6) is 0 Å². The Labute approximate surface area is 106 Å². The van der Waals surface area contributed by atoms with Crippen molar-refractivity contribution >= 4 is 17.8 Å². The molecule has 18 heavy (non-hydrogen) atoms. The highest BCUT2D eigenvalue weighted by Gasteiger charge is 2.24. The monoisotopic (exact) mass is 257 g/mol. The van der Waals surface area contributed by atoms with Crippen LogP contribution in [0.1, 0.15) is 19.8 Å². The average molecular weight is 257 g/mol. The normalized spacial score (nSPS) is 15.9. The van der Waals surface area contributed by atoms with Crippen molar-refractivity contribution in [3.63, 3.8) is 0 Å². The molecule has 0 aromatic rings. The number of amides is 2. The van der Waals surface area contributed by atoms with Crippen molar-refractivity contribution in [2.75, 3.05) is 20.1 Å². The van der Waals surface area contributed by atoms with Crippen LogP contribution in [0.25, 0.3) is 0 Å². The van der Waals surface area contributed by atoms with Crippen LogP contribution in [0.3, 0.4) is 0 Å². The molecule has 7 nitrogen and oxygen atoms in total. The third-order valence-electron chi connectivity index (χ3n) is 2.68. The van der Waals surface area contributed by atoms with Crippen molar-refractivity contribution in [2.45, 2.75) is 31.8 Å². The number of carbonyl (C=O) groups is 3. The second-order valence-corrected chi connectivity index (χ2v) is 4.53. The van der Waals surface area contributed by atoms with E-state index in [1.54, 1.807) is 0 Å². The predicted octanol–water partition coefficient (Wildman–Crippen LogP) is -1.21. The summed E-state index contributed by atoms with van der Waals surface area (Å²) in [5.41, 5.74) is 0. The lowest BCUT2D eigenvalue weighted by atomic mass is 10.3. The maximum absolute atomic E-state index is 11.6. The highest BCUT2D eigenvalue weighted by atomic mass is 16.4. The molecule has 1 fully saturated rings. The van der Waals surface area contributed by atoms with E-state index in [9.17, 15) is 14.4 Å². The van der Waals surface area contributed by atoms with Crippen LogP contribution in [0.15, 0.2) is 0 Å². The van der Waals surface area contributed by atoms with Crippen LogP contribution in [0.4, 0.5) is 0 Å². The minimum Gasteiger partial charge on any atom is -0.480 e. The van der Waals surface area contributed by atoms with E-state index in [0.29, 0.717) is 0 Å². The Kier molecular flexibility index (Phi) is 5.08. The van der Waals surface area contributed by atoms with Gasteiger partial charge in [0.25, 0.3) is 0 Å². The number of rotatable bonds is 7. The Morgan fingerprint density at radius 2 is 2.00 bits per heavy atom. The van der Waals surface area contributed by atoms with Crippen LogP contribution < -0.4 is 10.6 Å². The standard InChI is InChI=1S/C11H19N3O4/c1-7(11(17)18)12-5-10(16)14(2)6-9(15)13-8-3-4-8/h7-8,12H,3-6H2,1-2H3,(H,13,15)(H,17,18). The third-order valence-corrected chi connectivity index (χ3v) is 2.68. The van der Waals surface area contributed by atoms with Crippen LogP contribution in [0.2, 0.25) is 0 Å². The fourth-order valence-electron chi connectivity index (χ4n) is 1.27. The molecular weight excluding hydrogens is 238 g/mol. The zero-order valence-electron chi connectivity index (χ0n) is 10.6. The molecule has 102 valence electrons. The molecule has 7 heteroatoms. The van der Waals surface area contributed by atoms with Gasteiger partial charge >= 0.3 is 5.97 Å². The minimum atomic E-state index is -1.02. The lowest BCUT2D eigenvalue weighted by molar-refractivity contribution is -0.139. The molecule has 1 saturated carbocycles. The Morgan fingerprint density at radius 3 is 2.50 bits per heavy atom. The van der Waals surface area contributed by atoms with E-state index in [-0.39, 0.29) is 30.9 Å². The van der Waals surface area contributed by atoms with Gasteiger partial charge in [-0.1, -0.05) is 0 Å². The van der Waals surface area contributed by atoms with Gasteiger partial charge in [-0.05, 0) is 19.8 Å². The van der Waals surface area contributed by atoms with Gasteiger partial charge in [0.2, 0.25) is 11.8 Å². The van der Waals surface area contributed by atoms with Gasteiger partial charge in [0.15, 0.2) is 0 Å². The molecule has 1 aliphatic rings. The van der Waals surface area contributed by atoms with E-state index in [4.69, 9.17) is 5.11 Å². The molecule has 1 rings (SSSR count). The van der Waals surface area contributed by atoms with Crippen molar-refractivity contribution in [3.8, 4) is 0 Å². The quantitative estimate of drug-likeness (QED) is 0.531. The van der Waals surface area contributed by atoms with Gasteiger partial charge in [0.05, 0.1) is 13.1 Å². The number of hydrogen-bond acceptors (Lipinski definition) is 4. The van der Waals surface area contributed by atoms with E-state index in [1.807, 2.05) is 0 Å². The Balaban J connectivity index is 2.22. The Bertz CT molecular complexity index is 341. The number of carboxylic acid groups (broad SMARTS) is 1. The van der Waals surface area contributed by atoms with E-state index in [2.05, 4.69) is 10.6 Å². The summed E-state index contributed by atoms with van der Waals surface area (Å²) in [4.78, 5) is 34.8. The molecule has 0 spiro atoms. The van der Waals surface area contributed by atoms with Crippen LogP contribution in [0, 0.1) is 0 Å². The summed E-state index contributed by atoms with van der Waals surface area (Å²) in [6, 6.07) is -0.520. The van der Waals surface area contributed by atoms with Gasteiger partial charge in [-0.2, -0.15) is 0 Å². The Hall–Kier alpha value is -1.63. The maximum atomic E-state index is 11.6. The Morgan fingerprint density at radius 1 is 1.39 bits per heavy atom. The average Bonchev–Trinajstić information content (AvgIpc) is 3.08. The molecule has 0 heterocycles. The summed E-state index contributed by atoms with van der Waals surface area (Å²) in [5, 5.41) is 14.0. The first kappa shape index (κ1) is 14.4. The van der Waals surface area contributed by atoms with E-state index in [1.165, 1.54) is 18.9 Å². The number of aliphatic carboxylic acids is 1. The number of hydrogen-bond donors (Lipinski definition) is 3. The van der Waals surface area contributed by atoms with Crippen molar-refractivity contribution in [3.05, 3.63) is 0 Å². The van der Waals surface area contributed by atoms with E-state index in [0.717, 1.165) is 12.8 Å². The predicted molar refractivity (Wildman–Crippen MR) is 63.9 cm³/mol. The smallest absolute Gasteiger partial charge is 0.320 e. The molecule has 0 radical (unpaired) electrons. The molecule has 0 saturated heterocycles. The zero-order chi connectivity index (χ0) is 13.7. The molecule has 0 aromatic carbocycles. The highest BCUT2D eigenvalue weighted by Crippen LogP contribution is 2.18. The highest BCUT2D eigenvalue weighted by molar-refractivity contribution is 5.86. The van der Waals surface area contributed by atoms with E-state index >= 15 is 0 Å². The molecule has 0 aliphatic heterocycles. The molecule has 1 atom stereocenters. The topological polar surface area (TPSA) is 98.7 Å². The molecule has 1 aliphatic carbocycles. The van der Waals surface area contributed by atoms with Crippen molar-refractivity contribution in [2.24, 2.45) is 0 Å². The first-order valence-corrected chi connectivity index (χ1v) is 5.89. The second kappa shape index (κ2) is 6.34. The molecule has 2 amide bonds. The summed E-state index contributed by atoms with van der Waals surface area (Å²) >= 11 is 0. The maximum Gasteiger partial charge on any atom is 0.320 e. The van der Waals surface area contributed by atoms with Crippen molar-refractivity contribution in [1.29, 1.82) is 0 Å².